The zero-order chi connectivity index (χ0) is 11.7. The van der Waals surface area contributed by atoms with Gasteiger partial charge in [-0.2, -0.15) is 0 Å². The first-order valence-electron chi connectivity index (χ1n) is 4.44. The summed E-state index contributed by atoms with van der Waals surface area (Å²) >= 11 is 9.01. The fourth-order valence-corrected chi connectivity index (χ4v) is 1.86. The normalized spacial score (nSPS) is 10.4. The number of nitrogens with two attached hydrogens (primary N) is 1. The summed E-state index contributed by atoms with van der Waals surface area (Å²) in [6.45, 7) is 0. The molecule has 0 aliphatic heterocycles. The maximum atomic E-state index is 13.0. The van der Waals surface area contributed by atoms with Gasteiger partial charge in [0.15, 0.2) is 0 Å². The number of halogens is 3. The number of anilines is 1. The molecule has 2 nitrogen and oxygen atoms in total. The third-order valence-electron chi connectivity index (χ3n) is 2.12. The number of hydrogen-bond acceptors (Lipinski definition) is 2. The van der Waals surface area contributed by atoms with Crippen LogP contribution >= 0.6 is 27.5 Å². The lowest BCUT2D eigenvalue weighted by atomic mass is 10.1. The van der Waals surface area contributed by atoms with Crippen molar-refractivity contribution >= 4 is 33.3 Å². The molecule has 0 saturated heterocycles. The standard InChI is InChI=1S/C11H7BrClFN2/c12-7-4-8(11(15)16-5-7)6-1-2-10(14)9(13)3-6/h1-5H,(H2,15,16). The van der Waals surface area contributed by atoms with Gasteiger partial charge >= 0.3 is 0 Å². The molecule has 1 aromatic heterocycles. The van der Waals surface area contributed by atoms with E-state index < -0.39 is 5.82 Å². The summed E-state index contributed by atoms with van der Waals surface area (Å²) in [5, 5.41) is 0.0666. The van der Waals surface area contributed by atoms with Crippen molar-refractivity contribution in [2.24, 2.45) is 0 Å². The minimum absolute atomic E-state index is 0.0666. The van der Waals surface area contributed by atoms with Crippen molar-refractivity contribution < 1.29 is 4.39 Å². The first-order valence-corrected chi connectivity index (χ1v) is 5.61. The molecule has 0 amide bonds. The van der Waals surface area contributed by atoms with Crippen LogP contribution in [0.1, 0.15) is 0 Å². The van der Waals surface area contributed by atoms with Crippen molar-refractivity contribution in [3.8, 4) is 11.1 Å². The van der Waals surface area contributed by atoms with Crippen LogP contribution in [-0.4, -0.2) is 4.98 Å². The minimum Gasteiger partial charge on any atom is -0.383 e. The zero-order valence-electron chi connectivity index (χ0n) is 8.05. The highest BCUT2D eigenvalue weighted by molar-refractivity contribution is 9.10. The Balaban J connectivity index is 2.58. The second-order valence-electron chi connectivity index (χ2n) is 3.22. The third kappa shape index (κ3) is 2.18. The third-order valence-corrected chi connectivity index (χ3v) is 2.84. The van der Waals surface area contributed by atoms with E-state index in [1.54, 1.807) is 12.3 Å². The van der Waals surface area contributed by atoms with Crippen LogP contribution in [0, 0.1) is 5.82 Å². The molecule has 1 aromatic carbocycles. The highest BCUT2D eigenvalue weighted by atomic mass is 79.9. The first-order chi connectivity index (χ1) is 7.58. The summed E-state index contributed by atoms with van der Waals surface area (Å²) in [7, 11) is 0. The number of nitrogens with zero attached hydrogens (tertiary/aromatic N) is 1. The van der Waals surface area contributed by atoms with Gasteiger partial charge in [-0.1, -0.05) is 17.7 Å². The molecule has 0 atom stereocenters. The molecule has 0 bridgehead atoms. The largest absolute Gasteiger partial charge is 0.383 e. The van der Waals surface area contributed by atoms with Crippen LogP contribution in [-0.2, 0) is 0 Å². The average Bonchev–Trinajstić information content (AvgIpc) is 2.26. The number of aromatic nitrogens is 1. The zero-order valence-corrected chi connectivity index (χ0v) is 10.4. The van der Waals surface area contributed by atoms with Crippen molar-refractivity contribution in [1.82, 2.24) is 4.98 Å². The molecule has 82 valence electrons. The number of nitrogen functional groups attached to an aromatic ring is 1. The monoisotopic (exact) mass is 300 g/mol. The molecule has 0 aliphatic rings. The highest BCUT2D eigenvalue weighted by Gasteiger charge is 2.07. The number of rotatable bonds is 1. The summed E-state index contributed by atoms with van der Waals surface area (Å²) in [6.07, 6.45) is 1.60. The van der Waals surface area contributed by atoms with Gasteiger partial charge in [0.1, 0.15) is 11.6 Å². The Kier molecular flexibility index (Phi) is 3.12. The summed E-state index contributed by atoms with van der Waals surface area (Å²) < 4.78 is 13.8. The van der Waals surface area contributed by atoms with Crippen LogP contribution in [0.2, 0.25) is 5.02 Å². The van der Waals surface area contributed by atoms with Gasteiger partial charge in [-0.15, -0.1) is 0 Å². The highest BCUT2D eigenvalue weighted by Crippen LogP contribution is 2.29. The van der Waals surface area contributed by atoms with Gasteiger partial charge in [-0.3, -0.25) is 0 Å². The molecule has 0 radical (unpaired) electrons. The van der Waals surface area contributed by atoms with Gasteiger partial charge in [0.05, 0.1) is 5.02 Å². The van der Waals surface area contributed by atoms with Crippen molar-refractivity contribution in [2.75, 3.05) is 5.73 Å². The number of pyridine rings is 1. The average molecular weight is 302 g/mol. The predicted molar refractivity (Wildman–Crippen MR) is 66.8 cm³/mol. The van der Waals surface area contributed by atoms with Crippen molar-refractivity contribution in [2.45, 2.75) is 0 Å². The fourth-order valence-electron chi connectivity index (χ4n) is 1.34. The van der Waals surface area contributed by atoms with E-state index in [1.165, 1.54) is 12.1 Å². The van der Waals surface area contributed by atoms with E-state index in [0.29, 0.717) is 5.82 Å². The van der Waals surface area contributed by atoms with Gasteiger partial charge in [-0.25, -0.2) is 9.37 Å². The van der Waals surface area contributed by atoms with E-state index in [4.69, 9.17) is 17.3 Å². The van der Waals surface area contributed by atoms with Crippen LogP contribution < -0.4 is 5.73 Å². The Morgan fingerprint density at radius 3 is 2.75 bits per heavy atom. The Bertz CT molecular complexity index is 546. The molecule has 0 spiro atoms. The first kappa shape index (κ1) is 11.4. The molecular weight excluding hydrogens is 294 g/mol. The Morgan fingerprint density at radius 2 is 2.06 bits per heavy atom. The van der Waals surface area contributed by atoms with Gasteiger partial charge in [0.2, 0.25) is 0 Å². The summed E-state index contributed by atoms with van der Waals surface area (Å²) in [6, 6.07) is 6.25. The topological polar surface area (TPSA) is 38.9 Å². The van der Waals surface area contributed by atoms with Gasteiger partial charge in [-0.05, 0) is 39.7 Å². The van der Waals surface area contributed by atoms with Gasteiger partial charge < -0.3 is 5.73 Å². The van der Waals surface area contributed by atoms with Gasteiger partial charge in [0, 0.05) is 16.2 Å². The maximum absolute atomic E-state index is 13.0. The molecule has 0 unspecified atom stereocenters. The lowest BCUT2D eigenvalue weighted by Gasteiger charge is -2.06. The summed E-state index contributed by atoms with van der Waals surface area (Å²) in [5.41, 5.74) is 7.19. The predicted octanol–water partition coefficient (Wildman–Crippen LogP) is 3.89. The van der Waals surface area contributed by atoms with E-state index in [2.05, 4.69) is 20.9 Å². The smallest absolute Gasteiger partial charge is 0.141 e. The molecule has 1 heterocycles. The van der Waals surface area contributed by atoms with Crippen LogP contribution in [0.15, 0.2) is 34.9 Å². The number of hydrogen-bond donors (Lipinski definition) is 1. The Labute approximate surface area is 105 Å². The van der Waals surface area contributed by atoms with Crippen molar-refractivity contribution in [1.29, 1.82) is 0 Å². The van der Waals surface area contributed by atoms with Crippen molar-refractivity contribution in [3.05, 3.63) is 45.8 Å². The SMILES string of the molecule is Nc1ncc(Br)cc1-c1ccc(F)c(Cl)c1. The molecule has 16 heavy (non-hydrogen) atoms. The molecule has 5 heteroatoms. The van der Waals surface area contributed by atoms with Crippen LogP contribution in [0.25, 0.3) is 11.1 Å². The second kappa shape index (κ2) is 4.39. The van der Waals surface area contributed by atoms with Crippen LogP contribution in [0.5, 0.6) is 0 Å². The molecule has 2 N–H and O–H groups in total. The Hall–Kier alpha value is -1.13. The fraction of sp³-hybridized carbons (Fsp3) is 0. The molecule has 0 saturated carbocycles. The van der Waals surface area contributed by atoms with E-state index >= 15 is 0 Å². The molecule has 2 rings (SSSR count). The van der Waals surface area contributed by atoms with E-state index in [-0.39, 0.29) is 5.02 Å². The van der Waals surface area contributed by atoms with E-state index in [1.807, 2.05) is 6.07 Å². The molecule has 0 fully saturated rings. The van der Waals surface area contributed by atoms with Gasteiger partial charge in [0.25, 0.3) is 0 Å². The van der Waals surface area contributed by atoms with E-state index in [9.17, 15) is 4.39 Å². The van der Waals surface area contributed by atoms with Crippen molar-refractivity contribution in [3.63, 3.8) is 0 Å². The molecule has 2 aromatic rings. The van der Waals surface area contributed by atoms with E-state index in [0.717, 1.165) is 15.6 Å². The summed E-state index contributed by atoms with van der Waals surface area (Å²) in [4.78, 5) is 4.00. The Morgan fingerprint density at radius 1 is 1.31 bits per heavy atom. The summed E-state index contributed by atoms with van der Waals surface area (Å²) in [5.74, 6) is -0.0715. The lowest BCUT2D eigenvalue weighted by molar-refractivity contribution is 0.628. The quantitative estimate of drug-likeness (QED) is 0.868. The van der Waals surface area contributed by atoms with Crippen LogP contribution in [0.3, 0.4) is 0 Å². The maximum Gasteiger partial charge on any atom is 0.141 e. The molecule has 0 aliphatic carbocycles. The number of benzene rings is 1. The lowest BCUT2D eigenvalue weighted by Crippen LogP contribution is -1.94. The second-order valence-corrected chi connectivity index (χ2v) is 4.54. The van der Waals surface area contributed by atoms with Crippen LogP contribution in [0.4, 0.5) is 10.2 Å². The molecular formula is C11H7BrClFN2. The minimum atomic E-state index is -0.452.